The first-order chi connectivity index (χ1) is 9.54. The second kappa shape index (κ2) is 7.63. The van der Waals surface area contributed by atoms with Crippen molar-refractivity contribution in [3.8, 4) is 6.07 Å². The van der Waals surface area contributed by atoms with E-state index in [1.165, 1.54) is 0 Å². The summed E-state index contributed by atoms with van der Waals surface area (Å²) in [4.78, 5) is 14.2. The first-order valence-corrected chi connectivity index (χ1v) is 6.53. The Bertz CT molecular complexity index is 466. The summed E-state index contributed by atoms with van der Waals surface area (Å²) in [5.74, 6) is -0.198. The van der Waals surface area contributed by atoms with Crippen LogP contribution in [-0.4, -0.2) is 37.6 Å². The number of hydrogen-bond donors (Lipinski definition) is 1. The van der Waals surface area contributed by atoms with Crippen LogP contribution in [0.15, 0.2) is 30.3 Å². The van der Waals surface area contributed by atoms with Gasteiger partial charge in [-0.2, -0.15) is 5.26 Å². The molecule has 1 unspecified atom stereocenters. The Labute approximate surface area is 119 Å². The van der Waals surface area contributed by atoms with E-state index in [2.05, 4.69) is 0 Å². The number of rotatable bonds is 7. The molecule has 0 saturated carbocycles. The molecule has 1 aromatic rings. The summed E-state index contributed by atoms with van der Waals surface area (Å²) in [5, 5.41) is 8.69. The maximum Gasteiger partial charge on any atom is 0.247 e. The Balaban J connectivity index is 2.89. The van der Waals surface area contributed by atoms with Gasteiger partial charge >= 0.3 is 0 Å². The van der Waals surface area contributed by atoms with E-state index >= 15 is 0 Å². The zero-order chi connectivity index (χ0) is 15.0. The quantitative estimate of drug-likeness (QED) is 0.812. The van der Waals surface area contributed by atoms with Gasteiger partial charge in [0.05, 0.1) is 19.1 Å². The lowest BCUT2D eigenvalue weighted by Gasteiger charge is -2.31. The molecule has 0 radical (unpaired) electrons. The third-order valence-corrected chi connectivity index (χ3v) is 3.16. The molecule has 0 aromatic heterocycles. The van der Waals surface area contributed by atoms with Crippen LogP contribution >= 0.6 is 0 Å². The predicted octanol–water partition coefficient (Wildman–Crippen LogP) is 1.25. The van der Waals surface area contributed by atoms with Gasteiger partial charge in [0.25, 0.3) is 0 Å². The number of benzene rings is 1. The minimum atomic E-state index is -1.11. The number of nitriles is 1. The van der Waals surface area contributed by atoms with Crippen LogP contribution in [0, 0.1) is 11.3 Å². The molecule has 0 bridgehead atoms. The molecular weight excluding hydrogens is 254 g/mol. The van der Waals surface area contributed by atoms with Crippen molar-refractivity contribution < 1.29 is 9.53 Å². The Morgan fingerprint density at radius 1 is 1.40 bits per heavy atom. The molecule has 20 heavy (non-hydrogen) atoms. The smallest absolute Gasteiger partial charge is 0.247 e. The SMILES string of the molecule is COCCN(CCC#N)C(=O)C(C)(N)c1ccccc1. The molecule has 0 fully saturated rings. The molecule has 108 valence electrons. The summed E-state index contributed by atoms with van der Waals surface area (Å²) >= 11 is 0. The highest BCUT2D eigenvalue weighted by molar-refractivity contribution is 5.87. The second-order valence-corrected chi connectivity index (χ2v) is 4.76. The maximum absolute atomic E-state index is 12.6. The second-order valence-electron chi connectivity index (χ2n) is 4.76. The van der Waals surface area contributed by atoms with Gasteiger partial charge in [0.15, 0.2) is 0 Å². The fourth-order valence-electron chi connectivity index (χ4n) is 1.94. The lowest BCUT2D eigenvalue weighted by Crippen LogP contribution is -2.52. The van der Waals surface area contributed by atoms with Crippen LogP contribution in [0.1, 0.15) is 18.9 Å². The molecule has 1 amide bonds. The van der Waals surface area contributed by atoms with Crippen LogP contribution in [0.3, 0.4) is 0 Å². The van der Waals surface area contributed by atoms with E-state index in [1.807, 2.05) is 36.4 Å². The predicted molar refractivity (Wildman–Crippen MR) is 76.7 cm³/mol. The first kappa shape index (κ1) is 16.2. The van der Waals surface area contributed by atoms with Gasteiger partial charge in [-0.3, -0.25) is 4.79 Å². The zero-order valence-corrected chi connectivity index (χ0v) is 12.0. The largest absolute Gasteiger partial charge is 0.383 e. The number of ether oxygens (including phenoxy) is 1. The number of methoxy groups -OCH3 is 1. The number of carbonyl (C=O) groups excluding carboxylic acids is 1. The molecule has 1 aromatic carbocycles. The summed E-state index contributed by atoms with van der Waals surface area (Å²) in [5.41, 5.74) is 5.86. The third kappa shape index (κ3) is 4.05. The van der Waals surface area contributed by atoms with Gasteiger partial charge in [0.2, 0.25) is 5.91 Å². The molecule has 2 N–H and O–H groups in total. The Kier molecular flexibility index (Phi) is 6.16. The van der Waals surface area contributed by atoms with Crippen molar-refractivity contribution in [2.45, 2.75) is 18.9 Å². The fourth-order valence-corrected chi connectivity index (χ4v) is 1.94. The summed E-state index contributed by atoms with van der Waals surface area (Å²) < 4.78 is 5.00. The monoisotopic (exact) mass is 275 g/mol. The van der Waals surface area contributed by atoms with Crippen molar-refractivity contribution in [3.63, 3.8) is 0 Å². The van der Waals surface area contributed by atoms with Gasteiger partial charge in [-0.25, -0.2) is 0 Å². The number of carbonyl (C=O) groups is 1. The molecule has 0 spiro atoms. The standard InChI is InChI=1S/C15H21N3O2/c1-15(17,13-7-4-3-5-8-13)14(19)18(10-6-9-16)11-12-20-2/h3-5,7-8H,6,10-12,17H2,1-2H3. The van der Waals surface area contributed by atoms with Crippen LogP contribution in [-0.2, 0) is 15.1 Å². The lowest BCUT2D eigenvalue weighted by molar-refractivity contribution is -0.137. The molecule has 0 aliphatic heterocycles. The Morgan fingerprint density at radius 3 is 2.60 bits per heavy atom. The summed E-state index contributed by atoms with van der Waals surface area (Å²) in [7, 11) is 1.58. The van der Waals surface area contributed by atoms with E-state index in [4.69, 9.17) is 15.7 Å². The van der Waals surface area contributed by atoms with E-state index in [-0.39, 0.29) is 12.3 Å². The highest BCUT2D eigenvalue weighted by Crippen LogP contribution is 2.20. The minimum absolute atomic E-state index is 0.198. The van der Waals surface area contributed by atoms with Crippen LogP contribution in [0.4, 0.5) is 0 Å². The number of hydrogen-bond acceptors (Lipinski definition) is 4. The van der Waals surface area contributed by atoms with Crippen molar-refractivity contribution >= 4 is 5.91 Å². The number of nitrogens with two attached hydrogens (primary N) is 1. The summed E-state index contributed by atoms with van der Waals surface area (Å²) in [6.07, 6.45) is 0.278. The zero-order valence-electron chi connectivity index (χ0n) is 12.0. The van der Waals surface area contributed by atoms with E-state index < -0.39 is 5.54 Å². The minimum Gasteiger partial charge on any atom is -0.383 e. The molecule has 0 saturated heterocycles. The molecule has 0 aliphatic carbocycles. The highest BCUT2D eigenvalue weighted by atomic mass is 16.5. The van der Waals surface area contributed by atoms with E-state index in [0.29, 0.717) is 19.7 Å². The van der Waals surface area contributed by atoms with Crippen LogP contribution in [0.5, 0.6) is 0 Å². The number of nitrogens with zero attached hydrogens (tertiary/aromatic N) is 2. The lowest BCUT2D eigenvalue weighted by atomic mass is 9.91. The highest BCUT2D eigenvalue weighted by Gasteiger charge is 2.34. The van der Waals surface area contributed by atoms with Crippen LogP contribution in [0.2, 0.25) is 0 Å². The first-order valence-electron chi connectivity index (χ1n) is 6.53. The normalized spacial score (nSPS) is 13.3. The molecular formula is C15H21N3O2. The number of amides is 1. The fraction of sp³-hybridized carbons (Fsp3) is 0.467. The summed E-state index contributed by atoms with van der Waals surface area (Å²) in [6.45, 7) is 2.90. The van der Waals surface area contributed by atoms with Crippen molar-refractivity contribution in [3.05, 3.63) is 35.9 Å². The molecule has 1 atom stereocenters. The molecule has 1 rings (SSSR count). The Hall–Kier alpha value is -1.90. The van der Waals surface area contributed by atoms with Gasteiger partial charge in [-0.1, -0.05) is 30.3 Å². The van der Waals surface area contributed by atoms with Crippen molar-refractivity contribution in [1.29, 1.82) is 5.26 Å². The van der Waals surface area contributed by atoms with E-state index in [1.54, 1.807) is 18.9 Å². The van der Waals surface area contributed by atoms with E-state index in [0.717, 1.165) is 5.56 Å². The van der Waals surface area contributed by atoms with Crippen molar-refractivity contribution in [2.75, 3.05) is 26.8 Å². The van der Waals surface area contributed by atoms with Crippen LogP contribution in [0.25, 0.3) is 0 Å². The van der Waals surface area contributed by atoms with Crippen molar-refractivity contribution in [1.82, 2.24) is 4.90 Å². The molecule has 5 nitrogen and oxygen atoms in total. The maximum atomic E-state index is 12.6. The van der Waals surface area contributed by atoms with Crippen LogP contribution < -0.4 is 5.73 Å². The van der Waals surface area contributed by atoms with Gasteiger partial charge in [0, 0.05) is 20.2 Å². The topological polar surface area (TPSA) is 79.3 Å². The van der Waals surface area contributed by atoms with Gasteiger partial charge in [0.1, 0.15) is 5.54 Å². The third-order valence-electron chi connectivity index (χ3n) is 3.16. The van der Waals surface area contributed by atoms with Gasteiger partial charge < -0.3 is 15.4 Å². The van der Waals surface area contributed by atoms with Crippen molar-refractivity contribution in [2.24, 2.45) is 5.73 Å². The molecule has 0 aliphatic rings. The van der Waals surface area contributed by atoms with Gasteiger partial charge in [-0.05, 0) is 12.5 Å². The average molecular weight is 275 g/mol. The molecule has 0 heterocycles. The van der Waals surface area contributed by atoms with Gasteiger partial charge in [-0.15, -0.1) is 0 Å². The van der Waals surface area contributed by atoms with E-state index in [9.17, 15) is 4.79 Å². The average Bonchev–Trinajstić information content (AvgIpc) is 2.47. The molecule has 5 heteroatoms. The summed E-state index contributed by atoms with van der Waals surface area (Å²) in [6, 6.07) is 11.3. The Morgan fingerprint density at radius 2 is 2.05 bits per heavy atom.